The number of ether oxygens (including phenoxy) is 1. The molecule has 0 aromatic heterocycles. The Bertz CT molecular complexity index is 618. The molecule has 1 atom stereocenters. The second-order valence-corrected chi connectivity index (χ2v) is 8.60. The van der Waals surface area contributed by atoms with Gasteiger partial charge in [0.1, 0.15) is 0 Å². The fourth-order valence-corrected chi connectivity index (χ4v) is 3.71. The third-order valence-corrected chi connectivity index (χ3v) is 5.60. The van der Waals surface area contributed by atoms with Gasteiger partial charge in [0.2, 0.25) is 0 Å². The zero-order chi connectivity index (χ0) is 21.2. The molecule has 0 amide bonds. The zero-order valence-electron chi connectivity index (χ0n) is 19.0. The van der Waals surface area contributed by atoms with Gasteiger partial charge >= 0.3 is 0 Å². The minimum Gasteiger partial charge on any atom is -0.377 e. The Morgan fingerprint density at radius 2 is 1.87 bits per heavy atom. The van der Waals surface area contributed by atoms with Crippen LogP contribution in [0.25, 0.3) is 0 Å². The van der Waals surface area contributed by atoms with Gasteiger partial charge in [-0.1, -0.05) is 23.7 Å². The molecule has 1 aromatic rings. The molecule has 1 aliphatic rings. The van der Waals surface area contributed by atoms with Crippen molar-refractivity contribution in [1.29, 1.82) is 0 Å². The first-order valence-electron chi connectivity index (χ1n) is 10.6. The molecular weight excluding hydrogens is 513 g/mol. The fourth-order valence-electron chi connectivity index (χ4n) is 3.58. The first kappa shape index (κ1) is 27.4. The molecular formula is C22H39ClIN5O. The van der Waals surface area contributed by atoms with Gasteiger partial charge in [-0.15, -0.1) is 24.0 Å². The van der Waals surface area contributed by atoms with E-state index in [1.807, 2.05) is 19.2 Å². The summed E-state index contributed by atoms with van der Waals surface area (Å²) in [5.74, 6) is 0.868. The van der Waals surface area contributed by atoms with Crippen LogP contribution in [-0.2, 0) is 4.74 Å². The van der Waals surface area contributed by atoms with Crippen molar-refractivity contribution < 1.29 is 4.74 Å². The van der Waals surface area contributed by atoms with Gasteiger partial charge in [0.05, 0.1) is 18.8 Å². The van der Waals surface area contributed by atoms with Gasteiger partial charge in [0.25, 0.3) is 0 Å². The first-order chi connectivity index (χ1) is 13.9. The SMILES string of the molecule is CN=C(NCC(c1ccc(Cl)cc1)N(C)C)NC1CCN(CCOC(C)C)CC1.I. The van der Waals surface area contributed by atoms with Crippen molar-refractivity contribution in [3.8, 4) is 0 Å². The molecule has 6 nitrogen and oxygen atoms in total. The average Bonchev–Trinajstić information content (AvgIpc) is 2.69. The molecule has 8 heteroatoms. The van der Waals surface area contributed by atoms with Crippen molar-refractivity contribution in [3.05, 3.63) is 34.9 Å². The first-order valence-corrected chi connectivity index (χ1v) is 11.0. The van der Waals surface area contributed by atoms with Crippen molar-refractivity contribution in [2.75, 3.05) is 53.9 Å². The van der Waals surface area contributed by atoms with E-state index in [-0.39, 0.29) is 30.0 Å². The second-order valence-electron chi connectivity index (χ2n) is 8.16. The van der Waals surface area contributed by atoms with E-state index >= 15 is 0 Å². The van der Waals surface area contributed by atoms with E-state index in [2.05, 4.69) is 65.5 Å². The molecule has 1 fully saturated rings. The van der Waals surface area contributed by atoms with Crippen molar-refractivity contribution in [2.24, 2.45) is 4.99 Å². The van der Waals surface area contributed by atoms with Crippen molar-refractivity contribution >= 4 is 41.5 Å². The van der Waals surface area contributed by atoms with Gasteiger partial charge in [-0.05, 0) is 58.5 Å². The summed E-state index contributed by atoms with van der Waals surface area (Å²) in [6.45, 7) is 8.98. The van der Waals surface area contributed by atoms with E-state index in [0.717, 1.165) is 56.6 Å². The van der Waals surface area contributed by atoms with Gasteiger partial charge in [0.15, 0.2) is 5.96 Å². The Balaban J connectivity index is 0.00000450. The highest BCUT2D eigenvalue weighted by molar-refractivity contribution is 14.0. The Labute approximate surface area is 204 Å². The molecule has 2 N–H and O–H groups in total. The van der Waals surface area contributed by atoms with Crippen LogP contribution in [0.2, 0.25) is 5.02 Å². The van der Waals surface area contributed by atoms with Gasteiger partial charge < -0.3 is 25.2 Å². The number of nitrogens with one attached hydrogen (secondary N) is 2. The topological polar surface area (TPSA) is 52.1 Å². The van der Waals surface area contributed by atoms with Crippen molar-refractivity contribution in [2.45, 2.75) is 44.9 Å². The average molecular weight is 552 g/mol. The van der Waals surface area contributed by atoms with Crippen LogP contribution < -0.4 is 10.6 Å². The number of rotatable bonds is 9. The molecule has 0 radical (unpaired) electrons. The monoisotopic (exact) mass is 551 g/mol. The summed E-state index contributed by atoms with van der Waals surface area (Å²) in [4.78, 5) is 9.13. The lowest BCUT2D eigenvalue weighted by Crippen LogP contribution is -2.50. The molecule has 172 valence electrons. The number of likely N-dealkylation sites (N-methyl/N-ethyl adjacent to an activating group) is 1. The van der Waals surface area contributed by atoms with Crippen LogP contribution >= 0.6 is 35.6 Å². The van der Waals surface area contributed by atoms with E-state index < -0.39 is 0 Å². The van der Waals surface area contributed by atoms with Crippen LogP contribution in [0, 0.1) is 0 Å². The number of guanidine groups is 1. The number of likely N-dealkylation sites (tertiary alicyclic amines) is 1. The number of hydrogen-bond donors (Lipinski definition) is 2. The Hall–Kier alpha value is -0.610. The molecule has 30 heavy (non-hydrogen) atoms. The van der Waals surface area contributed by atoms with Gasteiger partial charge in [-0.2, -0.15) is 0 Å². The predicted octanol–water partition coefficient (Wildman–Crippen LogP) is 3.62. The second kappa shape index (κ2) is 14.5. The van der Waals surface area contributed by atoms with Crippen LogP contribution in [0.15, 0.2) is 29.3 Å². The van der Waals surface area contributed by atoms with Crippen LogP contribution in [-0.4, -0.2) is 81.8 Å². The Morgan fingerprint density at radius 1 is 1.23 bits per heavy atom. The summed E-state index contributed by atoms with van der Waals surface area (Å²) < 4.78 is 5.67. The van der Waals surface area contributed by atoms with E-state index in [4.69, 9.17) is 16.3 Å². The highest BCUT2D eigenvalue weighted by Gasteiger charge is 2.21. The number of nitrogens with zero attached hydrogens (tertiary/aromatic N) is 3. The van der Waals surface area contributed by atoms with Crippen molar-refractivity contribution in [1.82, 2.24) is 20.4 Å². The summed E-state index contributed by atoms with van der Waals surface area (Å²) in [7, 11) is 6.02. The largest absolute Gasteiger partial charge is 0.377 e. The van der Waals surface area contributed by atoms with Crippen molar-refractivity contribution in [3.63, 3.8) is 0 Å². The molecule has 0 aliphatic carbocycles. The number of piperidine rings is 1. The lowest BCUT2D eigenvalue weighted by Gasteiger charge is -2.33. The van der Waals surface area contributed by atoms with E-state index in [1.165, 1.54) is 5.56 Å². The molecule has 1 heterocycles. The zero-order valence-corrected chi connectivity index (χ0v) is 22.1. The van der Waals surface area contributed by atoms with Crippen LogP contribution in [0.1, 0.15) is 38.3 Å². The maximum atomic E-state index is 6.04. The fraction of sp³-hybridized carbons (Fsp3) is 0.682. The van der Waals surface area contributed by atoms with Gasteiger partial charge in [-0.25, -0.2) is 0 Å². The van der Waals surface area contributed by atoms with Crippen LogP contribution in [0.5, 0.6) is 0 Å². The lowest BCUT2D eigenvalue weighted by molar-refractivity contribution is 0.0532. The minimum absolute atomic E-state index is 0. The molecule has 1 aromatic carbocycles. The standard InChI is InChI=1S/C22H38ClN5O.HI/c1-17(2)29-15-14-28-12-10-20(11-13-28)26-22(24-3)25-16-21(27(4)5)18-6-8-19(23)9-7-18;/h6-9,17,20-21H,10-16H2,1-5H3,(H2,24,25,26);1H. The van der Waals surface area contributed by atoms with Gasteiger partial charge in [-0.3, -0.25) is 4.99 Å². The quantitative estimate of drug-likeness (QED) is 0.279. The molecule has 0 bridgehead atoms. The van der Waals surface area contributed by atoms with E-state index in [9.17, 15) is 0 Å². The normalized spacial score (nSPS) is 17.1. The Kier molecular flexibility index (Phi) is 13.2. The number of halogens is 2. The van der Waals surface area contributed by atoms with E-state index in [1.54, 1.807) is 0 Å². The molecule has 1 saturated heterocycles. The molecule has 1 unspecified atom stereocenters. The molecule has 1 aliphatic heterocycles. The molecule has 0 saturated carbocycles. The van der Waals surface area contributed by atoms with Crippen LogP contribution in [0.4, 0.5) is 0 Å². The minimum atomic E-state index is 0. The summed E-state index contributed by atoms with van der Waals surface area (Å²) >= 11 is 6.04. The third-order valence-electron chi connectivity index (χ3n) is 5.35. The number of benzene rings is 1. The maximum Gasteiger partial charge on any atom is 0.191 e. The lowest BCUT2D eigenvalue weighted by atomic mass is 10.1. The number of aliphatic imine (C=N–C) groups is 1. The molecule has 2 rings (SSSR count). The van der Waals surface area contributed by atoms with E-state index in [0.29, 0.717) is 12.1 Å². The summed E-state index contributed by atoms with van der Waals surface area (Å²) in [5.41, 5.74) is 1.24. The maximum absolute atomic E-state index is 6.04. The van der Waals surface area contributed by atoms with Crippen LogP contribution in [0.3, 0.4) is 0 Å². The highest BCUT2D eigenvalue weighted by atomic mass is 127. The smallest absolute Gasteiger partial charge is 0.191 e. The summed E-state index contributed by atoms with van der Waals surface area (Å²) in [5, 5.41) is 7.86. The summed E-state index contributed by atoms with van der Waals surface area (Å²) in [6, 6.07) is 8.76. The highest BCUT2D eigenvalue weighted by Crippen LogP contribution is 2.20. The number of hydrogen-bond acceptors (Lipinski definition) is 4. The predicted molar refractivity (Wildman–Crippen MR) is 138 cm³/mol. The third kappa shape index (κ3) is 9.68. The summed E-state index contributed by atoms with van der Waals surface area (Å²) in [6.07, 6.45) is 2.55. The Morgan fingerprint density at radius 3 is 2.40 bits per heavy atom. The van der Waals surface area contributed by atoms with Gasteiger partial charge in [0, 0.05) is 44.3 Å². The molecule has 0 spiro atoms.